The van der Waals surface area contributed by atoms with Crippen molar-refractivity contribution in [1.82, 2.24) is 0 Å². The highest BCUT2D eigenvalue weighted by molar-refractivity contribution is 5.60. The lowest BCUT2D eigenvalue weighted by molar-refractivity contribution is -0.368. The fourth-order valence-corrected chi connectivity index (χ4v) is 1.33. The predicted octanol–water partition coefficient (Wildman–Crippen LogP) is -0.000900. The largest absolute Gasteiger partial charge is 0.550 e. The Morgan fingerprint density at radius 1 is 1.47 bits per heavy atom. The summed E-state index contributed by atoms with van der Waals surface area (Å²) in [5, 5.41) is 8.89. The second-order valence-corrected chi connectivity index (χ2v) is 3.57. The molecule has 5 nitrogen and oxygen atoms in total. The zero-order valence-corrected chi connectivity index (χ0v) is 10.5. The van der Waals surface area contributed by atoms with Gasteiger partial charge < -0.3 is 24.8 Å². The van der Waals surface area contributed by atoms with Crippen LogP contribution in [0.15, 0.2) is 16.7 Å². The Bertz CT molecular complexity index is 305. The van der Waals surface area contributed by atoms with Gasteiger partial charge in [-0.1, -0.05) is 0 Å². The molecular formula is C12H21NO4. The van der Waals surface area contributed by atoms with Gasteiger partial charge in [0.2, 0.25) is 0 Å². The minimum atomic E-state index is -1.08. The summed E-state index contributed by atoms with van der Waals surface area (Å²) in [6, 6.07) is 1.86. The molecule has 1 heterocycles. The predicted molar refractivity (Wildman–Crippen MR) is 61.3 cm³/mol. The van der Waals surface area contributed by atoms with Crippen molar-refractivity contribution < 1.29 is 24.8 Å². The van der Waals surface area contributed by atoms with E-state index in [-0.39, 0.29) is 0 Å². The third kappa shape index (κ3) is 8.33. The molecule has 1 aromatic heterocycles. The molecule has 98 valence electrons. The molecule has 3 N–H and O–H groups in total. The van der Waals surface area contributed by atoms with Gasteiger partial charge in [-0.15, -0.1) is 0 Å². The lowest BCUT2D eigenvalue weighted by atomic mass is 10.1. The molecule has 0 aliphatic carbocycles. The molecule has 0 saturated heterocycles. The Morgan fingerprint density at radius 2 is 2.12 bits per heavy atom. The number of carboxylic acid groups (broad SMARTS) is 1. The number of unbranched alkanes of at least 4 members (excludes halogenated alkanes) is 2. The van der Waals surface area contributed by atoms with Gasteiger partial charge in [-0.2, -0.15) is 0 Å². The molecule has 0 aliphatic rings. The first-order valence-corrected chi connectivity index (χ1v) is 5.69. The van der Waals surface area contributed by atoms with Crippen LogP contribution in [0.5, 0.6) is 5.75 Å². The third-order valence-corrected chi connectivity index (χ3v) is 2.08. The van der Waals surface area contributed by atoms with E-state index < -0.39 is 5.97 Å². The van der Waals surface area contributed by atoms with Crippen molar-refractivity contribution in [2.75, 3.05) is 13.7 Å². The Hall–Kier alpha value is -1.49. The molecule has 1 aromatic rings. The maximum Gasteiger partial charge on any atom is 0.160 e. The van der Waals surface area contributed by atoms with Crippen molar-refractivity contribution in [2.24, 2.45) is 0 Å². The second kappa shape index (κ2) is 9.72. The van der Waals surface area contributed by atoms with Crippen LogP contribution in [0.3, 0.4) is 0 Å². The Morgan fingerprint density at radius 3 is 2.65 bits per heavy atom. The van der Waals surface area contributed by atoms with E-state index in [0.717, 1.165) is 37.8 Å². The third-order valence-electron chi connectivity index (χ3n) is 2.08. The van der Waals surface area contributed by atoms with Gasteiger partial charge in [0.15, 0.2) is 5.75 Å². The van der Waals surface area contributed by atoms with Crippen molar-refractivity contribution in [2.45, 2.75) is 32.6 Å². The molecule has 0 aromatic carbocycles. The number of hydrogen-bond acceptors (Lipinski definition) is 4. The molecule has 17 heavy (non-hydrogen) atoms. The van der Waals surface area contributed by atoms with Crippen LogP contribution in [0.4, 0.5) is 0 Å². The number of methoxy groups -OCH3 is 1. The van der Waals surface area contributed by atoms with Gasteiger partial charge in [0.05, 0.1) is 19.9 Å². The Kier molecular flexibility index (Phi) is 8.86. The molecule has 0 amide bonds. The molecular weight excluding hydrogens is 222 g/mol. The minimum Gasteiger partial charge on any atom is -0.550 e. The fraction of sp³-hybridized carbons (Fsp3) is 0.583. The van der Waals surface area contributed by atoms with Crippen molar-refractivity contribution in [3.05, 3.63) is 18.1 Å². The highest BCUT2D eigenvalue weighted by Crippen LogP contribution is 2.21. The van der Waals surface area contributed by atoms with Gasteiger partial charge in [0, 0.05) is 18.5 Å². The van der Waals surface area contributed by atoms with Crippen LogP contribution in [0.1, 0.15) is 31.9 Å². The number of carbonyl (C=O) groups excluding carboxylic acids is 1. The highest BCUT2D eigenvalue weighted by atomic mass is 16.5. The number of furan rings is 1. The molecule has 0 radical (unpaired) electrons. The van der Waals surface area contributed by atoms with Crippen molar-refractivity contribution in [3.63, 3.8) is 0 Å². The summed E-state index contributed by atoms with van der Waals surface area (Å²) in [6.45, 7) is 2.00. The topological polar surface area (TPSA) is 90.1 Å². The first-order chi connectivity index (χ1) is 8.11. The standard InChI is InChI=1S/C10H17NO2.C2H4O2/c1-12-9-6-8-13-10(9)5-3-2-4-7-11;1-2(3)4/h6,8H,2-5,7,11H2,1H3;1H3,(H,3,4). The number of carbonyl (C=O) groups is 1. The van der Waals surface area contributed by atoms with Crippen molar-refractivity contribution >= 4 is 5.97 Å². The molecule has 1 rings (SSSR count). The van der Waals surface area contributed by atoms with E-state index in [1.54, 1.807) is 13.4 Å². The molecule has 0 fully saturated rings. The van der Waals surface area contributed by atoms with Crippen LogP contribution < -0.4 is 15.6 Å². The van der Waals surface area contributed by atoms with E-state index in [0.29, 0.717) is 0 Å². The molecule has 0 bridgehead atoms. The normalized spacial score (nSPS) is 9.35. The van der Waals surface area contributed by atoms with E-state index in [1.165, 1.54) is 12.8 Å². The number of carboxylic acids is 1. The molecule has 0 atom stereocenters. The summed E-state index contributed by atoms with van der Waals surface area (Å²) in [4.78, 5) is 8.89. The van der Waals surface area contributed by atoms with Crippen LogP contribution in [0.25, 0.3) is 0 Å². The first kappa shape index (κ1) is 15.5. The van der Waals surface area contributed by atoms with E-state index >= 15 is 0 Å². The van der Waals surface area contributed by atoms with Crippen LogP contribution in [-0.2, 0) is 11.2 Å². The van der Waals surface area contributed by atoms with E-state index in [1.807, 2.05) is 6.07 Å². The average molecular weight is 243 g/mol. The van der Waals surface area contributed by atoms with Gasteiger partial charge >= 0.3 is 0 Å². The zero-order valence-electron chi connectivity index (χ0n) is 10.5. The first-order valence-electron chi connectivity index (χ1n) is 5.69. The monoisotopic (exact) mass is 243 g/mol. The second-order valence-electron chi connectivity index (χ2n) is 3.57. The number of aryl methyl sites for hydroxylation is 1. The number of aliphatic carboxylic acids is 1. The summed E-state index contributed by atoms with van der Waals surface area (Å²) in [5.74, 6) is 0.751. The molecule has 0 aliphatic heterocycles. The van der Waals surface area contributed by atoms with Crippen LogP contribution >= 0.6 is 0 Å². The van der Waals surface area contributed by atoms with Gasteiger partial charge in [-0.25, -0.2) is 0 Å². The van der Waals surface area contributed by atoms with Crippen molar-refractivity contribution in [3.8, 4) is 5.75 Å². The Balaban J connectivity index is 0.000000557. The number of quaternary nitrogens is 1. The lowest BCUT2D eigenvalue weighted by Gasteiger charge is -2.00. The van der Waals surface area contributed by atoms with Gasteiger partial charge in [0.1, 0.15) is 5.76 Å². The maximum atomic E-state index is 8.89. The summed E-state index contributed by atoms with van der Waals surface area (Å²) in [5.41, 5.74) is 3.81. The van der Waals surface area contributed by atoms with Gasteiger partial charge in [0.25, 0.3) is 0 Å². The van der Waals surface area contributed by atoms with Crippen LogP contribution in [0, 0.1) is 0 Å². The van der Waals surface area contributed by atoms with Crippen molar-refractivity contribution in [1.29, 1.82) is 0 Å². The minimum absolute atomic E-state index is 0.870. The summed E-state index contributed by atoms with van der Waals surface area (Å²) in [7, 11) is 1.67. The van der Waals surface area contributed by atoms with E-state index in [2.05, 4.69) is 5.73 Å². The van der Waals surface area contributed by atoms with Crippen LogP contribution in [-0.4, -0.2) is 19.6 Å². The smallest absolute Gasteiger partial charge is 0.160 e. The fourth-order valence-electron chi connectivity index (χ4n) is 1.33. The summed E-state index contributed by atoms with van der Waals surface area (Å²) >= 11 is 0. The van der Waals surface area contributed by atoms with E-state index in [9.17, 15) is 0 Å². The summed E-state index contributed by atoms with van der Waals surface area (Å²) < 4.78 is 10.4. The zero-order chi connectivity index (χ0) is 13.1. The SMILES string of the molecule is CC(=O)[O-].COc1ccoc1CCCCC[NH3+]. The van der Waals surface area contributed by atoms with Gasteiger partial charge in [-0.3, -0.25) is 0 Å². The molecule has 5 heteroatoms. The van der Waals surface area contributed by atoms with Gasteiger partial charge in [-0.05, 0) is 26.2 Å². The van der Waals surface area contributed by atoms with Crippen LogP contribution in [0.2, 0.25) is 0 Å². The highest BCUT2D eigenvalue weighted by Gasteiger charge is 2.05. The Labute approximate surface area is 102 Å². The maximum absolute atomic E-state index is 8.89. The quantitative estimate of drug-likeness (QED) is 0.712. The number of hydrogen-bond donors (Lipinski definition) is 1. The molecule has 0 unspecified atom stereocenters. The number of rotatable bonds is 6. The average Bonchev–Trinajstić information content (AvgIpc) is 2.71. The molecule has 0 spiro atoms. The molecule has 0 saturated carbocycles. The van der Waals surface area contributed by atoms with E-state index in [4.69, 9.17) is 19.1 Å². The number of ether oxygens (including phenoxy) is 1. The summed E-state index contributed by atoms with van der Waals surface area (Å²) in [6.07, 6.45) is 6.21. The lowest BCUT2D eigenvalue weighted by Crippen LogP contribution is -2.50.